The Morgan fingerprint density at radius 1 is 1.60 bits per heavy atom. The predicted molar refractivity (Wildman–Crippen MR) is 55.0 cm³/mol. The van der Waals surface area contributed by atoms with E-state index in [0.717, 1.165) is 12.0 Å². The maximum atomic E-state index is 9.78. The number of rotatable bonds is 6. The molecule has 0 radical (unpaired) electrons. The maximum absolute atomic E-state index is 9.78. The third-order valence-corrected chi connectivity index (χ3v) is 1.59. The molecule has 0 aliphatic carbocycles. The van der Waals surface area contributed by atoms with Crippen molar-refractivity contribution >= 4 is 12.6 Å². The average molecular weight is 447 g/mol. The van der Waals surface area contributed by atoms with Crippen molar-refractivity contribution < 1.29 is 4.79 Å². The van der Waals surface area contributed by atoms with Gasteiger partial charge < -0.3 is 10.1 Å². The van der Waals surface area contributed by atoms with Crippen molar-refractivity contribution in [2.75, 3.05) is 13.1 Å². The van der Waals surface area contributed by atoms with Crippen LogP contribution in [0.4, 0.5) is 0 Å². The minimum absolute atomic E-state index is 0. The van der Waals surface area contributed by atoms with Gasteiger partial charge in [-0.1, -0.05) is 6.07 Å². The summed E-state index contributed by atoms with van der Waals surface area (Å²) < 4.78 is 0. The molecular weight excluding hydrogens is 435 g/mol. The Bertz CT molecular complexity index is 290. The molecule has 1 aromatic rings. The Labute approximate surface area is 83.1 Å². The molecule has 1 N–H and O–H groups in total. The van der Waals surface area contributed by atoms with Crippen LogP contribution in [0.25, 0.3) is 0 Å². The van der Waals surface area contributed by atoms with Crippen molar-refractivity contribution in [2.24, 2.45) is 4.99 Å². The van der Waals surface area contributed by atoms with Crippen LogP contribution >= 0.6 is 0 Å². The number of carbonyl (C=O) groups excluding carboxylic acids is 1. The van der Waals surface area contributed by atoms with Gasteiger partial charge >= 0.3 is 0 Å². The minimum atomic E-state index is 0. The van der Waals surface area contributed by atoms with Gasteiger partial charge in [-0.2, -0.15) is 6.41 Å². The zero-order valence-corrected chi connectivity index (χ0v) is 10.5. The van der Waals surface area contributed by atoms with Gasteiger partial charge in [-0.05, 0) is 19.0 Å². The standard InChI is InChI=1S/C10H12N3O.Fm/c14-9-13-6-2-5-12-8-10-3-1-4-11-7-10;/h1,3-4,7-8H,2,5-6H2,(H,13,14);/q-1;. The number of aromatic nitrogens is 1. The first-order valence-corrected chi connectivity index (χ1v) is 4.43. The van der Waals surface area contributed by atoms with E-state index < -0.39 is 0 Å². The van der Waals surface area contributed by atoms with Gasteiger partial charge in [0.25, 0.3) is 0 Å². The molecule has 0 aliphatic rings. The predicted octanol–water partition coefficient (Wildman–Crippen LogP) is 0.547. The van der Waals surface area contributed by atoms with E-state index in [9.17, 15) is 4.79 Å². The van der Waals surface area contributed by atoms with E-state index in [1.54, 1.807) is 25.0 Å². The molecule has 1 amide bonds. The summed E-state index contributed by atoms with van der Waals surface area (Å²) in [5.74, 6) is 0. The number of hydrogen-bond acceptors (Lipinski definition) is 3. The van der Waals surface area contributed by atoms with Gasteiger partial charge in [0.1, 0.15) is 0 Å². The number of amides is 1. The minimum Gasteiger partial charge on any atom is -0.530 e. The first kappa shape index (κ1) is 12.3. The van der Waals surface area contributed by atoms with Crippen molar-refractivity contribution in [1.29, 1.82) is 0 Å². The summed E-state index contributed by atoms with van der Waals surface area (Å²) in [4.78, 5) is 17.9. The monoisotopic (exact) mass is 447 g/mol. The molecule has 0 atom stereocenters. The van der Waals surface area contributed by atoms with E-state index in [1.807, 2.05) is 12.1 Å². The number of nitrogens with one attached hydrogen (secondary N) is 1. The van der Waals surface area contributed by atoms with Crippen LogP contribution in [0.3, 0.4) is 0 Å². The Balaban J connectivity index is 0.00000196. The van der Waals surface area contributed by atoms with E-state index in [-0.39, 0.29) is 0 Å². The van der Waals surface area contributed by atoms with Crippen molar-refractivity contribution in [3.8, 4) is 0 Å². The van der Waals surface area contributed by atoms with Gasteiger partial charge in [0.2, 0.25) is 0 Å². The van der Waals surface area contributed by atoms with Gasteiger partial charge in [-0.3, -0.25) is 9.98 Å². The molecule has 0 spiro atoms. The van der Waals surface area contributed by atoms with Crippen LogP contribution in [0, 0.1) is 0 Å². The third-order valence-electron chi connectivity index (χ3n) is 1.59. The normalized spacial score (nSPS) is 9.60. The average Bonchev–Trinajstić information content (AvgIpc) is 2.25. The summed E-state index contributed by atoms with van der Waals surface area (Å²) in [7, 11) is 0. The van der Waals surface area contributed by atoms with Crippen LogP contribution in [0.15, 0.2) is 29.5 Å². The summed E-state index contributed by atoms with van der Waals surface area (Å²) >= 11 is 0. The topological polar surface area (TPSA) is 54.4 Å². The van der Waals surface area contributed by atoms with Crippen LogP contribution in [0.5, 0.6) is 0 Å². The summed E-state index contributed by atoms with van der Waals surface area (Å²) in [5.41, 5.74) is 0.988. The molecule has 1 aromatic heterocycles. The third kappa shape index (κ3) is 5.52. The van der Waals surface area contributed by atoms with Crippen molar-refractivity contribution in [3.05, 3.63) is 30.1 Å². The first-order chi connectivity index (χ1) is 6.93. The molecule has 0 bridgehead atoms. The Hall–Kier alpha value is -2.71. The molecule has 0 saturated heterocycles. The molecule has 15 heavy (non-hydrogen) atoms. The quantitative estimate of drug-likeness (QED) is 0.300. The van der Waals surface area contributed by atoms with E-state index in [0.29, 0.717) is 13.1 Å². The summed E-state index contributed by atoms with van der Waals surface area (Å²) in [5, 5.41) is 2.46. The van der Waals surface area contributed by atoms with E-state index in [1.165, 1.54) is 0 Å². The fourth-order valence-electron chi connectivity index (χ4n) is 0.932. The fraction of sp³-hybridized carbons (Fsp3) is 0.300. The second-order valence-corrected chi connectivity index (χ2v) is 2.70. The zero-order valence-electron chi connectivity index (χ0n) is 8.10. The maximum Gasteiger partial charge on any atom is 0.0405 e. The zero-order chi connectivity index (χ0) is 10.1. The van der Waals surface area contributed by atoms with E-state index in [2.05, 4.69) is 15.3 Å². The van der Waals surface area contributed by atoms with E-state index in [4.69, 9.17) is 0 Å². The van der Waals surface area contributed by atoms with Gasteiger partial charge in [-0.25, -0.2) is 0 Å². The molecule has 5 heteroatoms. The summed E-state index contributed by atoms with van der Waals surface area (Å²) in [6.45, 7) is 1.32. The molecule has 0 fully saturated rings. The van der Waals surface area contributed by atoms with Crippen molar-refractivity contribution in [3.63, 3.8) is 0 Å². The molecule has 0 aliphatic heterocycles. The molecule has 0 unspecified atom stereocenters. The van der Waals surface area contributed by atoms with E-state index >= 15 is 0 Å². The van der Waals surface area contributed by atoms with Gasteiger partial charge in [0, 0.05) is 30.7 Å². The number of aliphatic imine (C=N–C) groups is 1. The number of nitrogens with zero attached hydrogens (tertiary/aromatic N) is 2. The van der Waals surface area contributed by atoms with Crippen molar-refractivity contribution in [2.45, 2.75) is 6.42 Å². The van der Waals surface area contributed by atoms with Crippen LogP contribution in [-0.2, 0) is 4.79 Å². The molecule has 0 saturated carbocycles. The second kappa shape index (κ2) is 7.91. The molecule has 1 rings (SSSR count). The SMILES string of the molecule is O=[C-]NCCCN=Cc1cccnc1.[Fm]. The summed E-state index contributed by atoms with van der Waals surface area (Å²) in [6, 6.07) is 3.80. The number of pyridine rings is 1. The van der Waals surface area contributed by atoms with Gasteiger partial charge in [0.05, 0.1) is 0 Å². The van der Waals surface area contributed by atoms with Crippen LogP contribution in [0.2, 0.25) is 0 Å². The fourth-order valence-corrected chi connectivity index (χ4v) is 0.932. The molecular formula is C10H12FmN3O-. The Morgan fingerprint density at radius 2 is 2.47 bits per heavy atom. The molecule has 86 valence electrons. The van der Waals surface area contributed by atoms with Gasteiger partial charge in [-0.15, -0.1) is 0 Å². The Morgan fingerprint density at radius 3 is 3.13 bits per heavy atom. The molecule has 4 nitrogen and oxygen atoms in total. The van der Waals surface area contributed by atoms with Crippen LogP contribution < -0.4 is 5.32 Å². The van der Waals surface area contributed by atoms with Crippen LogP contribution in [-0.4, -0.2) is 30.7 Å². The van der Waals surface area contributed by atoms with Gasteiger partial charge in [0.15, 0.2) is 0 Å². The smallest absolute Gasteiger partial charge is 0.0405 e. The molecule has 1 heterocycles. The van der Waals surface area contributed by atoms with Crippen LogP contribution in [0.1, 0.15) is 12.0 Å². The number of hydrogen-bond donors (Lipinski definition) is 1. The van der Waals surface area contributed by atoms with Crippen molar-refractivity contribution in [1.82, 2.24) is 10.3 Å². The summed E-state index contributed by atoms with van der Waals surface area (Å²) in [6.07, 6.45) is 7.69. The molecule has 0 aromatic carbocycles. The second-order valence-electron chi connectivity index (χ2n) is 2.70. The first-order valence-electron chi connectivity index (χ1n) is 4.43. The largest absolute Gasteiger partial charge is 0.530 e. The Kier molecular flexibility index (Phi) is 6.48.